The summed E-state index contributed by atoms with van der Waals surface area (Å²) >= 11 is 5.79. The van der Waals surface area contributed by atoms with Crippen LogP contribution in [0.4, 0.5) is 0 Å². The Morgan fingerprint density at radius 3 is 2.38 bits per heavy atom. The van der Waals surface area contributed by atoms with Crippen molar-refractivity contribution >= 4 is 17.5 Å². The lowest BCUT2D eigenvalue weighted by Gasteiger charge is -2.12. The molecule has 4 nitrogen and oxygen atoms in total. The fourth-order valence-electron chi connectivity index (χ4n) is 1.84. The van der Waals surface area contributed by atoms with Crippen LogP contribution in [0.5, 0.6) is 5.75 Å². The zero-order valence-corrected chi connectivity index (χ0v) is 12.3. The lowest BCUT2D eigenvalue weighted by molar-refractivity contribution is 0.0916. The highest BCUT2D eigenvalue weighted by Gasteiger charge is 2.11. The van der Waals surface area contributed by atoms with Crippen LogP contribution in [-0.4, -0.2) is 24.7 Å². The van der Waals surface area contributed by atoms with Gasteiger partial charge in [0.05, 0.1) is 13.2 Å². The number of amides is 1. The second-order valence-corrected chi connectivity index (χ2v) is 4.94. The van der Waals surface area contributed by atoms with Gasteiger partial charge in [-0.25, -0.2) is 0 Å². The summed E-state index contributed by atoms with van der Waals surface area (Å²) in [5.41, 5.74) is 1.22. The fraction of sp³-hybridized carbons (Fsp3) is 0.188. The van der Waals surface area contributed by atoms with Crippen LogP contribution >= 0.6 is 11.6 Å². The van der Waals surface area contributed by atoms with Gasteiger partial charge in [-0.05, 0) is 42.0 Å². The van der Waals surface area contributed by atoms with E-state index in [1.165, 1.54) is 0 Å². The molecule has 0 saturated heterocycles. The van der Waals surface area contributed by atoms with E-state index < -0.39 is 6.10 Å². The summed E-state index contributed by atoms with van der Waals surface area (Å²) in [5, 5.41) is 13.3. The number of methoxy groups -OCH3 is 1. The molecule has 2 aromatic carbocycles. The van der Waals surface area contributed by atoms with Gasteiger partial charge in [-0.15, -0.1) is 0 Å². The van der Waals surface area contributed by atoms with Crippen LogP contribution in [0.25, 0.3) is 0 Å². The molecule has 110 valence electrons. The Labute approximate surface area is 128 Å². The molecule has 5 heteroatoms. The predicted octanol–water partition coefficient (Wildman–Crippen LogP) is 2.81. The topological polar surface area (TPSA) is 58.6 Å². The monoisotopic (exact) mass is 305 g/mol. The van der Waals surface area contributed by atoms with Gasteiger partial charge >= 0.3 is 0 Å². The normalized spacial score (nSPS) is 11.8. The van der Waals surface area contributed by atoms with Crippen molar-refractivity contribution in [3.63, 3.8) is 0 Å². The van der Waals surface area contributed by atoms with E-state index >= 15 is 0 Å². The Balaban J connectivity index is 1.92. The molecule has 2 N–H and O–H groups in total. The summed E-state index contributed by atoms with van der Waals surface area (Å²) in [7, 11) is 1.57. The number of halogens is 1. The maximum atomic E-state index is 12.0. The van der Waals surface area contributed by atoms with E-state index in [-0.39, 0.29) is 12.5 Å². The number of carbonyl (C=O) groups excluding carboxylic acids is 1. The molecule has 0 bridgehead atoms. The van der Waals surface area contributed by atoms with Crippen LogP contribution in [0.15, 0.2) is 48.5 Å². The Hall–Kier alpha value is -2.04. The van der Waals surface area contributed by atoms with Crippen molar-refractivity contribution in [1.82, 2.24) is 5.32 Å². The first-order valence-electron chi connectivity index (χ1n) is 6.46. The van der Waals surface area contributed by atoms with E-state index in [0.29, 0.717) is 21.9 Å². The van der Waals surface area contributed by atoms with Crippen LogP contribution in [0.3, 0.4) is 0 Å². The van der Waals surface area contributed by atoms with Gasteiger partial charge in [0, 0.05) is 17.1 Å². The predicted molar refractivity (Wildman–Crippen MR) is 81.7 cm³/mol. The Morgan fingerprint density at radius 1 is 1.19 bits per heavy atom. The number of nitrogens with one attached hydrogen (secondary N) is 1. The van der Waals surface area contributed by atoms with E-state index in [1.807, 2.05) is 0 Å². The number of benzene rings is 2. The molecule has 0 aromatic heterocycles. The third-order valence-electron chi connectivity index (χ3n) is 3.06. The zero-order chi connectivity index (χ0) is 15.2. The van der Waals surface area contributed by atoms with Gasteiger partial charge < -0.3 is 15.2 Å². The van der Waals surface area contributed by atoms with Gasteiger partial charge in [0.15, 0.2) is 0 Å². The maximum absolute atomic E-state index is 12.0. The maximum Gasteiger partial charge on any atom is 0.251 e. The number of carbonyl (C=O) groups is 1. The second kappa shape index (κ2) is 7.11. The third-order valence-corrected chi connectivity index (χ3v) is 3.31. The van der Waals surface area contributed by atoms with Crippen molar-refractivity contribution < 1.29 is 14.6 Å². The molecule has 0 fully saturated rings. The molecule has 0 heterocycles. The van der Waals surface area contributed by atoms with Crippen LogP contribution in [0.1, 0.15) is 22.0 Å². The minimum atomic E-state index is -0.774. The van der Waals surface area contributed by atoms with Crippen molar-refractivity contribution in [3.05, 3.63) is 64.7 Å². The summed E-state index contributed by atoms with van der Waals surface area (Å²) in [6.07, 6.45) is -0.774. The molecule has 21 heavy (non-hydrogen) atoms. The van der Waals surface area contributed by atoms with Gasteiger partial charge in [-0.1, -0.05) is 23.7 Å². The number of ether oxygens (including phenoxy) is 1. The van der Waals surface area contributed by atoms with Crippen LogP contribution in [-0.2, 0) is 0 Å². The molecule has 0 spiro atoms. The number of aliphatic hydroxyl groups is 1. The van der Waals surface area contributed by atoms with Gasteiger partial charge in [-0.2, -0.15) is 0 Å². The van der Waals surface area contributed by atoms with Gasteiger partial charge in [0.2, 0.25) is 0 Å². The molecule has 1 unspecified atom stereocenters. The van der Waals surface area contributed by atoms with Crippen molar-refractivity contribution in [3.8, 4) is 5.75 Å². The first-order chi connectivity index (χ1) is 10.1. The van der Waals surface area contributed by atoms with Crippen LogP contribution in [0.2, 0.25) is 5.02 Å². The molecule has 2 rings (SSSR count). The molecule has 0 aliphatic rings. The van der Waals surface area contributed by atoms with Crippen molar-refractivity contribution in [2.75, 3.05) is 13.7 Å². The average molecular weight is 306 g/mol. The number of aliphatic hydroxyl groups excluding tert-OH is 1. The SMILES string of the molecule is COc1ccc(C(=O)NCC(O)c2ccc(Cl)cc2)cc1. The highest BCUT2D eigenvalue weighted by atomic mass is 35.5. The fourth-order valence-corrected chi connectivity index (χ4v) is 1.96. The Morgan fingerprint density at radius 2 is 1.81 bits per heavy atom. The van der Waals surface area contributed by atoms with Gasteiger partial charge in [0.25, 0.3) is 5.91 Å². The molecule has 1 atom stereocenters. The quantitative estimate of drug-likeness (QED) is 0.893. The highest BCUT2D eigenvalue weighted by Crippen LogP contribution is 2.16. The average Bonchev–Trinajstić information content (AvgIpc) is 2.53. The summed E-state index contributed by atoms with van der Waals surface area (Å²) < 4.78 is 5.03. The second-order valence-electron chi connectivity index (χ2n) is 4.51. The lowest BCUT2D eigenvalue weighted by atomic mass is 10.1. The van der Waals surface area contributed by atoms with Gasteiger partial charge in [-0.3, -0.25) is 4.79 Å². The summed E-state index contributed by atoms with van der Waals surface area (Å²) in [5.74, 6) is 0.443. The van der Waals surface area contributed by atoms with E-state index in [2.05, 4.69) is 5.32 Å². The smallest absolute Gasteiger partial charge is 0.251 e. The largest absolute Gasteiger partial charge is 0.497 e. The molecule has 0 aliphatic carbocycles. The Bertz CT molecular complexity index is 596. The minimum absolute atomic E-state index is 0.131. The number of rotatable bonds is 5. The molecule has 2 aromatic rings. The molecule has 0 aliphatic heterocycles. The van der Waals surface area contributed by atoms with E-state index in [4.69, 9.17) is 16.3 Å². The summed E-state index contributed by atoms with van der Waals surface area (Å²) in [6.45, 7) is 0.131. The zero-order valence-electron chi connectivity index (χ0n) is 11.5. The van der Waals surface area contributed by atoms with Crippen LogP contribution in [0, 0.1) is 0 Å². The molecular weight excluding hydrogens is 290 g/mol. The molecule has 1 amide bonds. The lowest BCUT2D eigenvalue weighted by Crippen LogP contribution is -2.28. The number of hydrogen-bond acceptors (Lipinski definition) is 3. The highest BCUT2D eigenvalue weighted by molar-refractivity contribution is 6.30. The van der Waals surface area contributed by atoms with E-state index in [0.717, 1.165) is 0 Å². The molecule has 0 saturated carbocycles. The first-order valence-corrected chi connectivity index (χ1v) is 6.83. The van der Waals surface area contributed by atoms with E-state index in [1.54, 1.807) is 55.6 Å². The summed E-state index contributed by atoms with van der Waals surface area (Å²) in [4.78, 5) is 12.0. The van der Waals surface area contributed by atoms with Gasteiger partial charge in [0.1, 0.15) is 5.75 Å². The van der Waals surface area contributed by atoms with Crippen molar-refractivity contribution in [2.24, 2.45) is 0 Å². The Kier molecular flexibility index (Phi) is 5.20. The third kappa shape index (κ3) is 4.21. The summed E-state index contributed by atoms with van der Waals surface area (Å²) in [6, 6.07) is 13.6. The first kappa shape index (κ1) is 15.4. The number of hydrogen-bond donors (Lipinski definition) is 2. The van der Waals surface area contributed by atoms with Crippen LogP contribution < -0.4 is 10.1 Å². The van der Waals surface area contributed by atoms with Crippen molar-refractivity contribution in [2.45, 2.75) is 6.10 Å². The van der Waals surface area contributed by atoms with Crippen molar-refractivity contribution in [1.29, 1.82) is 0 Å². The minimum Gasteiger partial charge on any atom is -0.497 e. The molecule has 0 radical (unpaired) electrons. The standard InChI is InChI=1S/C16H16ClNO3/c1-21-14-8-4-12(5-9-14)16(20)18-10-15(19)11-2-6-13(17)7-3-11/h2-9,15,19H,10H2,1H3,(H,18,20). The van der Waals surface area contributed by atoms with E-state index in [9.17, 15) is 9.90 Å². The molecular formula is C16H16ClNO3.